The molecule has 0 saturated heterocycles. The maximum absolute atomic E-state index is 12.6. The van der Waals surface area contributed by atoms with E-state index in [4.69, 9.17) is 4.74 Å². The van der Waals surface area contributed by atoms with Crippen LogP contribution in [0.15, 0.2) is 0 Å². The molecule has 1 atom stereocenters. The van der Waals surface area contributed by atoms with Crippen LogP contribution in [-0.4, -0.2) is 47.7 Å². The maximum Gasteiger partial charge on any atom is 0.306 e. The monoisotopic (exact) mass is 571 g/mol. The molecule has 0 spiro atoms. The van der Waals surface area contributed by atoms with Crippen LogP contribution in [0, 0.1) is 11.3 Å². The average Bonchev–Trinajstić information content (AvgIpc) is 2.97. The predicted molar refractivity (Wildman–Crippen MR) is 170 cm³/mol. The van der Waals surface area contributed by atoms with Gasteiger partial charge in [0, 0.05) is 11.8 Å². The Morgan fingerprint density at radius 3 is 1.20 bits per heavy atom. The molecule has 0 aliphatic carbocycles. The molecular formula is C35H70O5. The van der Waals surface area contributed by atoms with Gasteiger partial charge in [0.25, 0.3) is 0 Å². The molecule has 0 aromatic heterocycles. The molecule has 3 N–H and O–H groups in total. The van der Waals surface area contributed by atoms with Crippen LogP contribution in [0.1, 0.15) is 181 Å². The molecule has 40 heavy (non-hydrogen) atoms. The highest BCUT2D eigenvalue weighted by Gasteiger charge is 2.28. The zero-order valence-corrected chi connectivity index (χ0v) is 26.9. The molecule has 0 aliphatic heterocycles. The third kappa shape index (κ3) is 24.0. The van der Waals surface area contributed by atoms with Crippen LogP contribution in [0.5, 0.6) is 0 Å². The number of unbranched alkanes of at least 4 members (excludes halogenated alkanes) is 20. The number of esters is 1. The Labute approximate surface area is 249 Å². The van der Waals surface area contributed by atoms with Crippen LogP contribution >= 0.6 is 0 Å². The van der Waals surface area contributed by atoms with Crippen molar-refractivity contribution in [2.45, 2.75) is 181 Å². The minimum absolute atomic E-state index is 0.129. The van der Waals surface area contributed by atoms with Crippen molar-refractivity contribution in [2.24, 2.45) is 11.3 Å². The van der Waals surface area contributed by atoms with Crippen LogP contribution in [0.4, 0.5) is 0 Å². The van der Waals surface area contributed by atoms with Gasteiger partial charge in [-0.2, -0.15) is 0 Å². The van der Waals surface area contributed by atoms with Gasteiger partial charge in [0.1, 0.15) is 0 Å². The topological polar surface area (TPSA) is 87.0 Å². The molecule has 0 fully saturated rings. The Morgan fingerprint density at radius 1 is 0.550 bits per heavy atom. The average molecular weight is 571 g/mol. The number of aliphatic hydroxyl groups excluding tert-OH is 3. The van der Waals surface area contributed by atoms with Crippen LogP contribution in [0.2, 0.25) is 0 Å². The van der Waals surface area contributed by atoms with E-state index in [0.29, 0.717) is 12.3 Å². The molecule has 0 bridgehead atoms. The molecule has 0 rings (SSSR count). The molecule has 1 unspecified atom stereocenters. The zero-order valence-electron chi connectivity index (χ0n) is 26.9. The van der Waals surface area contributed by atoms with Crippen molar-refractivity contribution in [1.82, 2.24) is 0 Å². The fraction of sp³-hybridized carbons (Fsp3) is 0.971. The largest absolute Gasteiger partial charge is 0.466 e. The summed E-state index contributed by atoms with van der Waals surface area (Å²) in [6.07, 6.45) is 32.3. The Hall–Kier alpha value is -0.650. The third-order valence-electron chi connectivity index (χ3n) is 8.79. The zero-order chi connectivity index (χ0) is 29.6. The van der Waals surface area contributed by atoms with Crippen LogP contribution in [0.25, 0.3) is 0 Å². The first-order valence-electron chi connectivity index (χ1n) is 17.6. The normalized spacial score (nSPS) is 12.6. The van der Waals surface area contributed by atoms with Crippen molar-refractivity contribution < 1.29 is 24.9 Å². The number of aliphatic hydroxyl groups is 3. The van der Waals surface area contributed by atoms with E-state index < -0.39 is 5.41 Å². The molecule has 0 aliphatic rings. The van der Waals surface area contributed by atoms with Gasteiger partial charge in [-0.15, -0.1) is 0 Å². The second-order valence-electron chi connectivity index (χ2n) is 12.7. The van der Waals surface area contributed by atoms with Gasteiger partial charge in [0.2, 0.25) is 0 Å². The lowest BCUT2D eigenvalue weighted by molar-refractivity contribution is -0.146. The summed E-state index contributed by atoms with van der Waals surface area (Å²) in [4.78, 5) is 12.6. The van der Waals surface area contributed by atoms with Crippen molar-refractivity contribution >= 4 is 5.97 Å². The van der Waals surface area contributed by atoms with E-state index in [0.717, 1.165) is 12.8 Å². The molecule has 5 nitrogen and oxygen atoms in total. The van der Waals surface area contributed by atoms with Gasteiger partial charge >= 0.3 is 5.97 Å². The standard InChI is InChI=1S/C35H70O5/c1-3-5-7-9-11-13-15-16-18-20-22-24-26-33(25-23-21-19-17-14-12-10-8-6-4-2)29-34(39)40-28-27-35(30-36,31-37)32-38/h33,36-38H,3-32H2,1-2H3. The lowest BCUT2D eigenvalue weighted by Gasteiger charge is -2.27. The first kappa shape index (κ1) is 39.4. The predicted octanol–water partition coefficient (Wildman–Crippen LogP) is 9.29. The molecular weight excluding hydrogens is 500 g/mol. The van der Waals surface area contributed by atoms with Gasteiger partial charge < -0.3 is 20.1 Å². The summed E-state index contributed by atoms with van der Waals surface area (Å²) >= 11 is 0. The van der Waals surface area contributed by atoms with Crippen molar-refractivity contribution in [3.8, 4) is 0 Å². The lowest BCUT2D eigenvalue weighted by Crippen LogP contribution is -2.35. The first-order valence-corrected chi connectivity index (χ1v) is 17.6. The van der Waals surface area contributed by atoms with Gasteiger partial charge in [-0.1, -0.05) is 155 Å². The number of ether oxygens (including phenoxy) is 1. The molecule has 0 aromatic rings. The Balaban J connectivity index is 4.24. The van der Waals surface area contributed by atoms with Crippen molar-refractivity contribution in [3.05, 3.63) is 0 Å². The Morgan fingerprint density at radius 2 is 0.875 bits per heavy atom. The highest BCUT2D eigenvalue weighted by Crippen LogP contribution is 2.24. The molecule has 0 radical (unpaired) electrons. The number of hydrogen-bond acceptors (Lipinski definition) is 5. The van der Waals surface area contributed by atoms with E-state index in [-0.39, 0.29) is 38.8 Å². The second kappa shape index (κ2) is 29.8. The van der Waals surface area contributed by atoms with E-state index in [1.165, 1.54) is 141 Å². The van der Waals surface area contributed by atoms with Gasteiger partial charge in [-0.05, 0) is 25.2 Å². The summed E-state index contributed by atoms with van der Waals surface area (Å²) in [5, 5.41) is 28.5. The van der Waals surface area contributed by atoms with Gasteiger partial charge in [-0.3, -0.25) is 4.79 Å². The van der Waals surface area contributed by atoms with Crippen LogP contribution in [-0.2, 0) is 9.53 Å². The molecule has 0 aromatic carbocycles. The molecule has 0 heterocycles. The summed E-state index contributed by atoms with van der Waals surface area (Å²) < 4.78 is 5.47. The number of hydrogen-bond donors (Lipinski definition) is 3. The van der Waals surface area contributed by atoms with E-state index in [2.05, 4.69) is 13.8 Å². The van der Waals surface area contributed by atoms with Crippen LogP contribution < -0.4 is 0 Å². The number of rotatable bonds is 32. The van der Waals surface area contributed by atoms with Gasteiger partial charge in [0.15, 0.2) is 0 Å². The Kier molecular flexibility index (Phi) is 29.3. The molecule has 0 amide bonds. The smallest absolute Gasteiger partial charge is 0.306 e. The Bertz CT molecular complexity index is 512. The highest BCUT2D eigenvalue weighted by molar-refractivity contribution is 5.69. The molecule has 0 saturated carbocycles. The SMILES string of the molecule is CCCCCCCCCCCCCCC(CCCCCCCCCCCC)CC(=O)OCCC(CO)(CO)CO. The molecule has 240 valence electrons. The quantitative estimate of drug-likeness (QED) is 0.0554. The highest BCUT2D eigenvalue weighted by atomic mass is 16.5. The summed E-state index contributed by atoms with van der Waals surface area (Å²) in [5.74, 6) is 0.196. The van der Waals surface area contributed by atoms with Gasteiger partial charge in [0.05, 0.1) is 26.4 Å². The molecule has 5 heteroatoms. The van der Waals surface area contributed by atoms with E-state index >= 15 is 0 Å². The van der Waals surface area contributed by atoms with E-state index in [1.54, 1.807) is 0 Å². The summed E-state index contributed by atoms with van der Waals surface area (Å²) in [6, 6.07) is 0. The van der Waals surface area contributed by atoms with Crippen molar-refractivity contribution in [1.29, 1.82) is 0 Å². The number of carbonyl (C=O) groups is 1. The number of carbonyl (C=O) groups excluding carboxylic acids is 1. The fourth-order valence-corrected chi connectivity index (χ4v) is 5.61. The third-order valence-corrected chi connectivity index (χ3v) is 8.79. The first-order chi connectivity index (χ1) is 19.6. The summed E-state index contributed by atoms with van der Waals surface area (Å²) in [7, 11) is 0. The van der Waals surface area contributed by atoms with Crippen molar-refractivity contribution in [2.75, 3.05) is 26.4 Å². The fourth-order valence-electron chi connectivity index (χ4n) is 5.61. The van der Waals surface area contributed by atoms with E-state index in [1.807, 2.05) is 0 Å². The van der Waals surface area contributed by atoms with Crippen LogP contribution in [0.3, 0.4) is 0 Å². The second-order valence-corrected chi connectivity index (χ2v) is 12.7. The summed E-state index contributed by atoms with van der Waals surface area (Å²) in [5.41, 5.74) is -0.981. The van der Waals surface area contributed by atoms with E-state index in [9.17, 15) is 20.1 Å². The minimum Gasteiger partial charge on any atom is -0.466 e. The van der Waals surface area contributed by atoms with Gasteiger partial charge in [-0.25, -0.2) is 0 Å². The van der Waals surface area contributed by atoms with Crippen molar-refractivity contribution in [3.63, 3.8) is 0 Å². The maximum atomic E-state index is 12.6. The summed E-state index contributed by atoms with van der Waals surface area (Å²) in [6.45, 7) is 3.70. The minimum atomic E-state index is -0.981. The lowest BCUT2D eigenvalue weighted by atomic mass is 9.88.